The summed E-state index contributed by atoms with van der Waals surface area (Å²) in [5.74, 6) is -0.252. The SMILES string of the molecule is CCOC(=O)C1=C(CSc2nc3ccc([N+](=O)[O-])cc3[nH]2)N(C)C(=O)NC1c1ccccc1. The van der Waals surface area contributed by atoms with Gasteiger partial charge in [-0.1, -0.05) is 42.1 Å². The minimum absolute atomic E-state index is 0.0376. The smallest absolute Gasteiger partial charge is 0.338 e. The molecular weight excluding hydrogens is 446 g/mol. The molecule has 0 aliphatic carbocycles. The van der Waals surface area contributed by atoms with Crippen molar-refractivity contribution >= 4 is 40.5 Å². The van der Waals surface area contributed by atoms with Gasteiger partial charge in [0.15, 0.2) is 5.16 Å². The zero-order chi connectivity index (χ0) is 23.5. The van der Waals surface area contributed by atoms with E-state index >= 15 is 0 Å². The Balaban J connectivity index is 1.69. The summed E-state index contributed by atoms with van der Waals surface area (Å²) in [4.78, 5) is 45.1. The van der Waals surface area contributed by atoms with Crippen LogP contribution in [0.3, 0.4) is 0 Å². The number of benzene rings is 2. The first kappa shape index (κ1) is 22.3. The van der Waals surface area contributed by atoms with Crippen LogP contribution >= 0.6 is 11.8 Å². The number of aromatic nitrogens is 2. The molecule has 1 aromatic heterocycles. The van der Waals surface area contributed by atoms with Crippen molar-refractivity contribution in [1.29, 1.82) is 0 Å². The molecule has 0 saturated carbocycles. The van der Waals surface area contributed by atoms with Crippen molar-refractivity contribution in [3.63, 3.8) is 0 Å². The number of non-ortho nitro benzene ring substituents is 1. The van der Waals surface area contributed by atoms with Crippen LogP contribution in [0.25, 0.3) is 11.0 Å². The van der Waals surface area contributed by atoms with E-state index in [1.54, 1.807) is 20.0 Å². The number of nitrogens with one attached hydrogen (secondary N) is 2. The highest BCUT2D eigenvalue weighted by atomic mass is 32.2. The highest BCUT2D eigenvalue weighted by Crippen LogP contribution is 2.34. The first-order valence-electron chi connectivity index (χ1n) is 10.1. The number of nitro benzene ring substituents is 1. The fourth-order valence-electron chi connectivity index (χ4n) is 3.57. The molecule has 33 heavy (non-hydrogen) atoms. The number of esters is 1. The van der Waals surface area contributed by atoms with Gasteiger partial charge in [-0.25, -0.2) is 14.6 Å². The second-order valence-electron chi connectivity index (χ2n) is 7.22. The minimum atomic E-state index is -0.650. The molecule has 1 aliphatic rings. The van der Waals surface area contributed by atoms with E-state index in [0.29, 0.717) is 27.5 Å². The lowest BCUT2D eigenvalue weighted by Gasteiger charge is -2.34. The minimum Gasteiger partial charge on any atom is -0.463 e. The molecule has 0 spiro atoms. The standard InChI is InChI=1S/C22H21N5O5S/c1-3-32-20(28)18-17(26(2)22(29)25-19(18)13-7-5-4-6-8-13)12-33-21-23-15-10-9-14(27(30)31)11-16(15)24-21/h4-11,19H,3,12H2,1-2H3,(H,23,24)(H,25,29). The summed E-state index contributed by atoms with van der Waals surface area (Å²) in [7, 11) is 1.59. The Morgan fingerprint density at radius 3 is 2.73 bits per heavy atom. The van der Waals surface area contributed by atoms with Crippen molar-refractivity contribution in [2.24, 2.45) is 0 Å². The maximum Gasteiger partial charge on any atom is 0.338 e. The number of aromatic amines is 1. The summed E-state index contributed by atoms with van der Waals surface area (Å²) >= 11 is 1.29. The number of nitrogens with zero attached hydrogens (tertiary/aromatic N) is 3. The third-order valence-electron chi connectivity index (χ3n) is 5.21. The number of hydrogen-bond donors (Lipinski definition) is 2. The molecule has 2 amide bonds. The normalized spacial score (nSPS) is 16.1. The number of urea groups is 1. The summed E-state index contributed by atoms with van der Waals surface area (Å²) in [5, 5.41) is 14.4. The Bertz CT molecular complexity index is 1260. The molecule has 1 unspecified atom stereocenters. The first-order valence-corrected chi connectivity index (χ1v) is 11.1. The summed E-state index contributed by atoms with van der Waals surface area (Å²) in [6, 6.07) is 12.6. The number of hydrogen-bond acceptors (Lipinski definition) is 7. The van der Waals surface area contributed by atoms with E-state index in [0.717, 1.165) is 5.56 Å². The van der Waals surface area contributed by atoms with Gasteiger partial charge in [-0.05, 0) is 18.6 Å². The topological polar surface area (TPSA) is 130 Å². The second kappa shape index (κ2) is 9.33. The van der Waals surface area contributed by atoms with Gasteiger partial charge in [0.1, 0.15) is 0 Å². The zero-order valence-electron chi connectivity index (χ0n) is 17.9. The molecule has 4 rings (SSSR count). The van der Waals surface area contributed by atoms with Crippen molar-refractivity contribution in [2.45, 2.75) is 18.1 Å². The Morgan fingerprint density at radius 2 is 2.03 bits per heavy atom. The number of thioether (sulfide) groups is 1. The molecule has 0 saturated heterocycles. The van der Waals surface area contributed by atoms with Gasteiger partial charge in [0.25, 0.3) is 5.69 Å². The third kappa shape index (κ3) is 4.53. The molecule has 0 bridgehead atoms. The van der Waals surface area contributed by atoms with Crippen molar-refractivity contribution in [3.8, 4) is 0 Å². The lowest BCUT2D eigenvalue weighted by Crippen LogP contribution is -2.47. The van der Waals surface area contributed by atoms with E-state index in [-0.39, 0.29) is 24.1 Å². The van der Waals surface area contributed by atoms with Gasteiger partial charge in [0.2, 0.25) is 0 Å². The number of carbonyl (C=O) groups is 2. The van der Waals surface area contributed by atoms with E-state index < -0.39 is 16.9 Å². The van der Waals surface area contributed by atoms with E-state index in [2.05, 4.69) is 15.3 Å². The van der Waals surface area contributed by atoms with Gasteiger partial charge < -0.3 is 15.0 Å². The fourth-order valence-corrected chi connectivity index (χ4v) is 4.54. The third-order valence-corrected chi connectivity index (χ3v) is 6.09. The Hall–Kier alpha value is -3.86. The van der Waals surface area contributed by atoms with Crippen LogP contribution in [0, 0.1) is 10.1 Å². The molecule has 170 valence electrons. The molecule has 10 nitrogen and oxygen atoms in total. The first-order chi connectivity index (χ1) is 15.9. The van der Waals surface area contributed by atoms with Crippen LogP contribution in [0.2, 0.25) is 0 Å². The lowest BCUT2D eigenvalue weighted by atomic mass is 9.95. The highest BCUT2D eigenvalue weighted by molar-refractivity contribution is 7.99. The average molecular weight is 468 g/mol. The summed E-state index contributed by atoms with van der Waals surface area (Å²) in [6.07, 6.45) is 0. The van der Waals surface area contributed by atoms with Crippen LogP contribution in [-0.2, 0) is 9.53 Å². The molecule has 2 aromatic carbocycles. The highest BCUT2D eigenvalue weighted by Gasteiger charge is 2.36. The van der Waals surface area contributed by atoms with Crippen molar-refractivity contribution in [2.75, 3.05) is 19.4 Å². The monoisotopic (exact) mass is 467 g/mol. The van der Waals surface area contributed by atoms with E-state index in [1.165, 1.54) is 28.8 Å². The summed E-state index contributed by atoms with van der Waals surface area (Å²) in [5.41, 5.74) is 2.69. The molecular formula is C22H21N5O5S. The number of H-pyrrole nitrogens is 1. The van der Waals surface area contributed by atoms with Crippen LogP contribution in [0.4, 0.5) is 10.5 Å². The molecule has 0 radical (unpaired) electrons. The maximum atomic E-state index is 12.9. The van der Waals surface area contributed by atoms with Gasteiger partial charge in [-0.3, -0.25) is 15.0 Å². The van der Waals surface area contributed by atoms with Crippen LogP contribution in [-0.4, -0.2) is 51.2 Å². The van der Waals surface area contributed by atoms with Crippen LogP contribution in [0.1, 0.15) is 18.5 Å². The van der Waals surface area contributed by atoms with E-state index in [1.807, 2.05) is 30.3 Å². The van der Waals surface area contributed by atoms with Gasteiger partial charge >= 0.3 is 12.0 Å². The molecule has 2 N–H and O–H groups in total. The van der Waals surface area contributed by atoms with Crippen molar-refractivity contribution < 1.29 is 19.2 Å². The number of imidazole rings is 1. The second-order valence-corrected chi connectivity index (χ2v) is 8.19. The number of carbonyl (C=O) groups excluding carboxylic acids is 2. The Morgan fingerprint density at radius 1 is 1.27 bits per heavy atom. The molecule has 0 fully saturated rings. The predicted octanol–water partition coefficient (Wildman–Crippen LogP) is 3.78. The lowest BCUT2D eigenvalue weighted by molar-refractivity contribution is -0.384. The predicted molar refractivity (Wildman–Crippen MR) is 123 cm³/mol. The summed E-state index contributed by atoms with van der Waals surface area (Å²) < 4.78 is 5.31. The molecule has 3 aromatic rings. The molecule has 11 heteroatoms. The maximum absolute atomic E-state index is 12.9. The van der Waals surface area contributed by atoms with Crippen LogP contribution in [0.5, 0.6) is 0 Å². The van der Waals surface area contributed by atoms with E-state index in [9.17, 15) is 19.7 Å². The van der Waals surface area contributed by atoms with Gasteiger partial charge in [0, 0.05) is 30.6 Å². The fraction of sp³-hybridized carbons (Fsp3) is 0.227. The Kier molecular flexibility index (Phi) is 6.31. The van der Waals surface area contributed by atoms with E-state index in [4.69, 9.17) is 4.74 Å². The van der Waals surface area contributed by atoms with Gasteiger partial charge in [-0.15, -0.1) is 0 Å². The number of amides is 2. The Labute approximate surface area is 193 Å². The summed E-state index contributed by atoms with van der Waals surface area (Å²) in [6.45, 7) is 1.92. The van der Waals surface area contributed by atoms with Crippen LogP contribution in [0.15, 0.2) is 65.0 Å². The van der Waals surface area contributed by atoms with Gasteiger partial charge in [-0.2, -0.15) is 0 Å². The average Bonchev–Trinajstić information content (AvgIpc) is 3.22. The van der Waals surface area contributed by atoms with Gasteiger partial charge in [0.05, 0.1) is 34.2 Å². The molecule has 1 atom stereocenters. The number of ether oxygens (including phenoxy) is 1. The number of rotatable bonds is 7. The zero-order valence-corrected chi connectivity index (χ0v) is 18.7. The molecule has 1 aliphatic heterocycles. The van der Waals surface area contributed by atoms with Crippen LogP contribution < -0.4 is 5.32 Å². The molecule has 2 heterocycles. The van der Waals surface area contributed by atoms with Crippen molar-refractivity contribution in [1.82, 2.24) is 20.2 Å². The largest absolute Gasteiger partial charge is 0.463 e. The van der Waals surface area contributed by atoms with Crippen molar-refractivity contribution in [3.05, 3.63) is 75.5 Å². The number of fused-ring (bicyclic) bond motifs is 1. The number of nitro groups is 1. The quantitative estimate of drug-likeness (QED) is 0.234.